The third-order valence-electron chi connectivity index (χ3n) is 5.10. The van der Waals surface area contributed by atoms with Gasteiger partial charge in [0.05, 0.1) is 44.5 Å². The standard InChI is InChI=1S/C24H24N2O3/c1-27-18-8-6-7-16(13-18)21-15-22(26-20-10-5-4-9-19(20)25-21)17-11-12-23(28-2)24(14-17)29-3/h4-14,22,26H,15H2,1-3H3. The molecule has 0 aliphatic carbocycles. The molecule has 29 heavy (non-hydrogen) atoms. The number of para-hydroxylation sites is 2. The SMILES string of the molecule is COc1cccc(C2=Nc3ccccc3NC(c3ccc(OC)c(OC)c3)C2)c1. The Bertz CT molecular complexity index is 1050. The van der Waals surface area contributed by atoms with Gasteiger partial charge in [0.25, 0.3) is 0 Å². The van der Waals surface area contributed by atoms with E-state index in [-0.39, 0.29) is 6.04 Å². The van der Waals surface area contributed by atoms with Crippen molar-refractivity contribution in [1.82, 2.24) is 0 Å². The molecule has 3 aromatic rings. The molecule has 1 N–H and O–H groups in total. The molecule has 1 heterocycles. The zero-order chi connectivity index (χ0) is 20.2. The lowest BCUT2D eigenvalue weighted by Crippen LogP contribution is -2.14. The highest BCUT2D eigenvalue weighted by Gasteiger charge is 2.22. The van der Waals surface area contributed by atoms with Crippen LogP contribution in [0, 0.1) is 0 Å². The summed E-state index contributed by atoms with van der Waals surface area (Å²) < 4.78 is 16.3. The summed E-state index contributed by atoms with van der Waals surface area (Å²) in [5.41, 5.74) is 5.09. The van der Waals surface area contributed by atoms with E-state index in [1.165, 1.54) is 0 Å². The molecule has 0 radical (unpaired) electrons. The second-order valence-corrected chi connectivity index (χ2v) is 6.82. The number of hydrogen-bond donors (Lipinski definition) is 1. The summed E-state index contributed by atoms with van der Waals surface area (Å²) in [5.74, 6) is 2.24. The van der Waals surface area contributed by atoms with E-state index >= 15 is 0 Å². The monoisotopic (exact) mass is 388 g/mol. The summed E-state index contributed by atoms with van der Waals surface area (Å²) in [6.07, 6.45) is 0.720. The van der Waals surface area contributed by atoms with Gasteiger partial charge in [0, 0.05) is 6.42 Å². The molecule has 3 aromatic carbocycles. The number of nitrogens with zero attached hydrogens (tertiary/aromatic N) is 1. The van der Waals surface area contributed by atoms with Gasteiger partial charge in [0.1, 0.15) is 5.75 Å². The molecule has 1 aliphatic heterocycles. The molecule has 4 rings (SSSR count). The number of fused-ring (bicyclic) bond motifs is 1. The number of nitrogens with one attached hydrogen (secondary N) is 1. The Balaban J connectivity index is 1.78. The van der Waals surface area contributed by atoms with Crippen molar-refractivity contribution in [3.8, 4) is 17.2 Å². The zero-order valence-electron chi connectivity index (χ0n) is 16.8. The van der Waals surface area contributed by atoms with Crippen molar-refractivity contribution in [3.05, 3.63) is 77.9 Å². The highest BCUT2D eigenvalue weighted by Crippen LogP contribution is 2.38. The van der Waals surface area contributed by atoms with Gasteiger partial charge >= 0.3 is 0 Å². The maximum Gasteiger partial charge on any atom is 0.161 e. The quantitative estimate of drug-likeness (QED) is 0.637. The molecule has 0 fully saturated rings. The molecular formula is C24H24N2O3. The van der Waals surface area contributed by atoms with E-state index in [0.717, 1.165) is 40.4 Å². The second-order valence-electron chi connectivity index (χ2n) is 6.82. The van der Waals surface area contributed by atoms with Crippen molar-refractivity contribution in [3.63, 3.8) is 0 Å². The van der Waals surface area contributed by atoms with Crippen LogP contribution in [0.15, 0.2) is 71.7 Å². The summed E-state index contributed by atoms with van der Waals surface area (Å²) in [7, 11) is 4.98. The Hall–Kier alpha value is -3.47. The van der Waals surface area contributed by atoms with Gasteiger partial charge in [-0.15, -0.1) is 0 Å². The van der Waals surface area contributed by atoms with E-state index in [9.17, 15) is 0 Å². The largest absolute Gasteiger partial charge is 0.497 e. The molecule has 1 atom stereocenters. The van der Waals surface area contributed by atoms with Crippen LogP contribution in [0.1, 0.15) is 23.6 Å². The maximum atomic E-state index is 5.51. The lowest BCUT2D eigenvalue weighted by molar-refractivity contribution is 0.354. The van der Waals surface area contributed by atoms with E-state index in [0.29, 0.717) is 11.5 Å². The molecule has 0 saturated carbocycles. The number of hydrogen-bond acceptors (Lipinski definition) is 5. The summed E-state index contributed by atoms with van der Waals surface area (Å²) in [4.78, 5) is 4.98. The summed E-state index contributed by atoms with van der Waals surface area (Å²) >= 11 is 0. The summed E-state index contributed by atoms with van der Waals surface area (Å²) in [6, 6.07) is 22.2. The predicted octanol–water partition coefficient (Wildman–Crippen LogP) is 5.39. The van der Waals surface area contributed by atoms with Crippen molar-refractivity contribution in [2.75, 3.05) is 26.6 Å². The number of ether oxygens (including phenoxy) is 3. The molecule has 0 aromatic heterocycles. The van der Waals surface area contributed by atoms with Gasteiger partial charge in [-0.2, -0.15) is 0 Å². The molecular weight excluding hydrogens is 364 g/mol. The minimum Gasteiger partial charge on any atom is -0.497 e. The van der Waals surface area contributed by atoms with E-state index in [1.807, 2.05) is 48.5 Å². The Morgan fingerprint density at radius 3 is 2.45 bits per heavy atom. The van der Waals surface area contributed by atoms with Crippen LogP contribution in [0.25, 0.3) is 0 Å². The molecule has 5 heteroatoms. The number of anilines is 1. The van der Waals surface area contributed by atoms with Gasteiger partial charge in [-0.05, 0) is 47.5 Å². The first-order chi connectivity index (χ1) is 14.2. The van der Waals surface area contributed by atoms with Crippen molar-refractivity contribution in [1.29, 1.82) is 0 Å². The molecule has 148 valence electrons. The van der Waals surface area contributed by atoms with E-state index in [2.05, 4.69) is 23.5 Å². The molecule has 1 aliphatic rings. The van der Waals surface area contributed by atoms with Gasteiger partial charge in [0.15, 0.2) is 11.5 Å². The number of benzene rings is 3. The number of aliphatic imine (C=N–C) groups is 1. The van der Waals surface area contributed by atoms with Crippen LogP contribution >= 0.6 is 0 Å². The first-order valence-corrected chi connectivity index (χ1v) is 9.51. The van der Waals surface area contributed by atoms with Crippen molar-refractivity contribution < 1.29 is 14.2 Å². The van der Waals surface area contributed by atoms with E-state index in [1.54, 1.807) is 21.3 Å². The lowest BCUT2D eigenvalue weighted by Gasteiger charge is -2.21. The minimum absolute atomic E-state index is 0.0309. The predicted molar refractivity (Wildman–Crippen MR) is 116 cm³/mol. The van der Waals surface area contributed by atoms with Crippen molar-refractivity contribution in [2.24, 2.45) is 4.99 Å². The van der Waals surface area contributed by atoms with Crippen LogP contribution in [-0.4, -0.2) is 27.0 Å². The number of rotatable bonds is 5. The van der Waals surface area contributed by atoms with Gasteiger partial charge < -0.3 is 19.5 Å². The van der Waals surface area contributed by atoms with Crippen LogP contribution < -0.4 is 19.5 Å². The first kappa shape index (κ1) is 18.9. The Kier molecular flexibility index (Phi) is 5.38. The average Bonchev–Trinajstić information content (AvgIpc) is 2.98. The van der Waals surface area contributed by atoms with Crippen molar-refractivity contribution in [2.45, 2.75) is 12.5 Å². The fourth-order valence-electron chi connectivity index (χ4n) is 3.57. The molecule has 1 unspecified atom stereocenters. The second kappa shape index (κ2) is 8.27. The Labute approximate surface area is 171 Å². The summed E-state index contributed by atoms with van der Waals surface area (Å²) in [6.45, 7) is 0. The lowest BCUT2D eigenvalue weighted by atomic mass is 9.97. The molecule has 0 bridgehead atoms. The highest BCUT2D eigenvalue weighted by atomic mass is 16.5. The topological polar surface area (TPSA) is 52.1 Å². The van der Waals surface area contributed by atoms with Crippen LogP contribution in [0.3, 0.4) is 0 Å². The van der Waals surface area contributed by atoms with Gasteiger partial charge in [-0.1, -0.05) is 30.3 Å². The smallest absolute Gasteiger partial charge is 0.161 e. The fraction of sp³-hybridized carbons (Fsp3) is 0.208. The molecule has 0 amide bonds. The van der Waals surface area contributed by atoms with Gasteiger partial charge in [-0.3, -0.25) is 4.99 Å². The van der Waals surface area contributed by atoms with Crippen molar-refractivity contribution >= 4 is 17.1 Å². The third kappa shape index (κ3) is 3.90. The highest BCUT2D eigenvalue weighted by molar-refractivity contribution is 6.04. The zero-order valence-corrected chi connectivity index (χ0v) is 16.8. The normalized spacial score (nSPS) is 15.4. The van der Waals surface area contributed by atoms with E-state index in [4.69, 9.17) is 19.2 Å². The molecule has 0 spiro atoms. The van der Waals surface area contributed by atoms with Crippen LogP contribution in [0.5, 0.6) is 17.2 Å². The molecule has 0 saturated heterocycles. The fourth-order valence-corrected chi connectivity index (χ4v) is 3.57. The first-order valence-electron chi connectivity index (χ1n) is 9.51. The van der Waals surface area contributed by atoms with Crippen LogP contribution in [-0.2, 0) is 0 Å². The van der Waals surface area contributed by atoms with E-state index < -0.39 is 0 Å². The third-order valence-corrected chi connectivity index (χ3v) is 5.10. The van der Waals surface area contributed by atoms with Gasteiger partial charge in [0.2, 0.25) is 0 Å². The van der Waals surface area contributed by atoms with Gasteiger partial charge in [-0.25, -0.2) is 0 Å². The van der Waals surface area contributed by atoms with Crippen LogP contribution in [0.2, 0.25) is 0 Å². The molecule has 5 nitrogen and oxygen atoms in total. The maximum absolute atomic E-state index is 5.51. The Morgan fingerprint density at radius 2 is 1.66 bits per heavy atom. The Morgan fingerprint density at radius 1 is 0.828 bits per heavy atom. The van der Waals surface area contributed by atoms with Crippen LogP contribution in [0.4, 0.5) is 11.4 Å². The minimum atomic E-state index is 0.0309. The summed E-state index contributed by atoms with van der Waals surface area (Å²) in [5, 5.41) is 3.65. The number of methoxy groups -OCH3 is 3. The average molecular weight is 388 g/mol.